The second kappa shape index (κ2) is 3.83. The Balaban J connectivity index is 3.29. The molecule has 2 atom stereocenters. The normalized spacial score (nSPS) is 18.0. The van der Waals surface area contributed by atoms with Crippen LogP contribution in [0.3, 0.4) is 0 Å². The molecule has 0 aliphatic rings. The summed E-state index contributed by atoms with van der Waals surface area (Å²) in [5.41, 5.74) is 0. The molecule has 0 amide bonds. The molecule has 0 aromatic heterocycles. The minimum Gasteiger partial charge on any atom is -0.367 e. The predicted octanol–water partition coefficient (Wildman–Crippen LogP) is -0.441. The van der Waals surface area contributed by atoms with E-state index in [1.807, 2.05) is 6.92 Å². The third-order valence-corrected chi connectivity index (χ3v) is 1.12. The topological polar surface area (TPSA) is 41.5 Å². The van der Waals surface area contributed by atoms with Crippen molar-refractivity contribution >= 4 is 0 Å². The van der Waals surface area contributed by atoms with Crippen molar-refractivity contribution in [1.29, 1.82) is 0 Å². The maximum atomic E-state index is 8.84. The fraction of sp³-hybridized carbons (Fsp3) is 1.00. The van der Waals surface area contributed by atoms with Crippen LogP contribution in [0, 0.1) is 0 Å². The maximum absolute atomic E-state index is 8.84. The van der Waals surface area contributed by atoms with Crippen molar-refractivity contribution in [3.8, 4) is 0 Å². The summed E-state index contributed by atoms with van der Waals surface area (Å²) >= 11 is 0. The van der Waals surface area contributed by atoms with Gasteiger partial charge in [-0.15, -0.1) is 0 Å². The zero-order chi connectivity index (χ0) is 6.57. The fourth-order valence-electron chi connectivity index (χ4n) is 0.347. The molecule has 0 spiro atoms. The van der Waals surface area contributed by atoms with Crippen LogP contribution in [0.15, 0.2) is 0 Å². The van der Waals surface area contributed by atoms with Crippen LogP contribution >= 0.6 is 0 Å². The number of likely N-dealkylation sites (N-methyl/N-ethyl adjacent to an activating group) is 1. The maximum Gasteiger partial charge on any atom is 0.169 e. The molecule has 0 heterocycles. The summed E-state index contributed by atoms with van der Waals surface area (Å²) in [5.74, 6) is 0. The molecular formula is C5H13NO2. The summed E-state index contributed by atoms with van der Waals surface area (Å²) in [7, 11) is 3.24. The molecule has 0 aliphatic carbocycles. The molecule has 0 radical (unpaired) electrons. The van der Waals surface area contributed by atoms with Gasteiger partial charge in [0, 0.05) is 7.11 Å². The van der Waals surface area contributed by atoms with Crippen molar-refractivity contribution in [3.05, 3.63) is 0 Å². The van der Waals surface area contributed by atoms with E-state index in [4.69, 9.17) is 5.11 Å². The highest BCUT2D eigenvalue weighted by Gasteiger charge is 2.08. The highest BCUT2D eigenvalue weighted by atomic mass is 16.6. The molecule has 0 saturated carbocycles. The van der Waals surface area contributed by atoms with E-state index in [0.29, 0.717) is 0 Å². The van der Waals surface area contributed by atoms with E-state index in [2.05, 4.69) is 10.1 Å². The molecule has 0 fully saturated rings. The first kappa shape index (κ1) is 7.88. The number of aliphatic hydroxyl groups is 1. The molecule has 3 heteroatoms. The van der Waals surface area contributed by atoms with E-state index in [1.165, 1.54) is 7.11 Å². The van der Waals surface area contributed by atoms with E-state index in [-0.39, 0.29) is 6.04 Å². The molecule has 0 aliphatic heterocycles. The van der Waals surface area contributed by atoms with Gasteiger partial charge in [0.1, 0.15) is 0 Å². The SMILES string of the molecule is CNC(C)C(O)OC. The van der Waals surface area contributed by atoms with Gasteiger partial charge in [0.2, 0.25) is 0 Å². The Kier molecular flexibility index (Phi) is 3.77. The van der Waals surface area contributed by atoms with Crippen LogP contribution in [-0.4, -0.2) is 31.6 Å². The summed E-state index contributed by atoms with van der Waals surface area (Å²) in [5, 5.41) is 11.7. The quantitative estimate of drug-likeness (QED) is 0.495. The van der Waals surface area contributed by atoms with Gasteiger partial charge >= 0.3 is 0 Å². The lowest BCUT2D eigenvalue weighted by Gasteiger charge is -2.15. The minimum atomic E-state index is -0.694. The molecule has 3 nitrogen and oxygen atoms in total. The number of rotatable bonds is 3. The number of nitrogens with one attached hydrogen (secondary N) is 1. The lowest BCUT2D eigenvalue weighted by Crippen LogP contribution is -2.35. The van der Waals surface area contributed by atoms with Crippen LogP contribution in [0.4, 0.5) is 0 Å². The van der Waals surface area contributed by atoms with Gasteiger partial charge in [0.15, 0.2) is 6.29 Å². The fourth-order valence-corrected chi connectivity index (χ4v) is 0.347. The standard InChI is InChI=1S/C5H13NO2/c1-4(6-2)5(7)8-3/h4-7H,1-3H3. The largest absolute Gasteiger partial charge is 0.367 e. The molecule has 8 heavy (non-hydrogen) atoms. The van der Waals surface area contributed by atoms with Crippen LogP contribution in [0.1, 0.15) is 6.92 Å². The van der Waals surface area contributed by atoms with Gasteiger partial charge in [-0.05, 0) is 14.0 Å². The van der Waals surface area contributed by atoms with Gasteiger partial charge in [-0.1, -0.05) is 0 Å². The van der Waals surface area contributed by atoms with Crippen molar-refractivity contribution in [2.75, 3.05) is 14.2 Å². The molecular weight excluding hydrogens is 106 g/mol. The molecule has 0 aromatic carbocycles. The van der Waals surface area contributed by atoms with Crippen LogP contribution in [-0.2, 0) is 4.74 Å². The minimum absolute atomic E-state index is 0.000000000000000222. The third-order valence-electron chi connectivity index (χ3n) is 1.12. The summed E-state index contributed by atoms with van der Waals surface area (Å²) in [6.07, 6.45) is -0.694. The number of methoxy groups -OCH3 is 1. The highest BCUT2D eigenvalue weighted by Crippen LogP contribution is 1.89. The number of ether oxygens (including phenoxy) is 1. The number of hydrogen-bond donors (Lipinski definition) is 2. The van der Waals surface area contributed by atoms with Crippen molar-refractivity contribution in [2.45, 2.75) is 19.3 Å². The smallest absolute Gasteiger partial charge is 0.169 e. The summed E-state index contributed by atoms with van der Waals surface area (Å²) in [6, 6.07) is -0.000000000000000222. The summed E-state index contributed by atoms with van der Waals surface area (Å²) in [6.45, 7) is 1.84. The van der Waals surface area contributed by atoms with E-state index in [1.54, 1.807) is 7.05 Å². The Hall–Kier alpha value is -0.120. The van der Waals surface area contributed by atoms with Crippen LogP contribution in [0.5, 0.6) is 0 Å². The van der Waals surface area contributed by atoms with Crippen molar-refractivity contribution < 1.29 is 9.84 Å². The molecule has 2 unspecified atom stereocenters. The molecule has 0 rings (SSSR count). The zero-order valence-corrected chi connectivity index (χ0v) is 5.51. The van der Waals surface area contributed by atoms with E-state index < -0.39 is 6.29 Å². The monoisotopic (exact) mass is 119 g/mol. The Labute approximate surface area is 49.7 Å². The first-order valence-corrected chi connectivity index (χ1v) is 2.60. The van der Waals surface area contributed by atoms with Crippen LogP contribution in [0.2, 0.25) is 0 Å². The number of aliphatic hydroxyl groups excluding tert-OH is 1. The van der Waals surface area contributed by atoms with Crippen LogP contribution in [0.25, 0.3) is 0 Å². The van der Waals surface area contributed by atoms with E-state index >= 15 is 0 Å². The Bertz CT molecular complexity index is 50.4. The van der Waals surface area contributed by atoms with E-state index in [0.717, 1.165) is 0 Å². The summed E-state index contributed by atoms with van der Waals surface area (Å²) < 4.78 is 4.60. The highest BCUT2D eigenvalue weighted by molar-refractivity contribution is 4.57. The van der Waals surface area contributed by atoms with Gasteiger partial charge in [0.25, 0.3) is 0 Å². The number of hydrogen-bond acceptors (Lipinski definition) is 3. The lowest BCUT2D eigenvalue weighted by molar-refractivity contribution is -0.0916. The Morgan fingerprint density at radius 3 is 2.25 bits per heavy atom. The first-order valence-electron chi connectivity index (χ1n) is 2.60. The molecule has 2 N–H and O–H groups in total. The van der Waals surface area contributed by atoms with Crippen molar-refractivity contribution in [1.82, 2.24) is 5.32 Å². The van der Waals surface area contributed by atoms with E-state index in [9.17, 15) is 0 Å². The van der Waals surface area contributed by atoms with Gasteiger partial charge in [-0.25, -0.2) is 0 Å². The summed E-state index contributed by atoms with van der Waals surface area (Å²) in [4.78, 5) is 0. The molecule has 0 aromatic rings. The second-order valence-corrected chi connectivity index (χ2v) is 1.70. The Morgan fingerprint density at radius 1 is 1.62 bits per heavy atom. The third kappa shape index (κ3) is 2.26. The predicted molar refractivity (Wildman–Crippen MR) is 31.5 cm³/mol. The van der Waals surface area contributed by atoms with Crippen LogP contribution < -0.4 is 5.32 Å². The molecule has 0 bridgehead atoms. The van der Waals surface area contributed by atoms with Gasteiger partial charge < -0.3 is 15.2 Å². The average molecular weight is 119 g/mol. The van der Waals surface area contributed by atoms with Gasteiger partial charge in [-0.2, -0.15) is 0 Å². The molecule has 50 valence electrons. The van der Waals surface area contributed by atoms with Gasteiger partial charge in [-0.3, -0.25) is 0 Å². The lowest BCUT2D eigenvalue weighted by atomic mass is 10.3. The van der Waals surface area contributed by atoms with Crippen molar-refractivity contribution in [3.63, 3.8) is 0 Å². The van der Waals surface area contributed by atoms with Crippen molar-refractivity contribution in [2.24, 2.45) is 0 Å². The van der Waals surface area contributed by atoms with Gasteiger partial charge in [0.05, 0.1) is 6.04 Å². The zero-order valence-electron chi connectivity index (χ0n) is 5.51. The Morgan fingerprint density at radius 2 is 2.12 bits per heavy atom. The molecule has 0 saturated heterocycles. The first-order chi connectivity index (χ1) is 3.72. The second-order valence-electron chi connectivity index (χ2n) is 1.70. The average Bonchev–Trinajstić information content (AvgIpc) is 1.84.